The van der Waals surface area contributed by atoms with Crippen LogP contribution in [0.4, 0.5) is 0 Å². The summed E-state index contributed by atoms with van der Waals surface area (Å²) in [6.45, 7) is 0. The SMILES string of the molecule is O=Cc1[nH]cc2ccc3cnccc3c12.[H+]. The minimum atomic E-state index is 0. The summed E-state index contributed by atoms with van der Waals surface area (Å²) in [5.74, 6) is 0. The van der Waals surface area contributed by atoms with Crippen molar-refractivity contribution >= 4 is 27.8 Å². The average Bonchev–Trinajstić information content (AvgIpc) is 2.72. The van der Waals surface area contributed by atoms with E-state index in [9.17, 15) is 4.79 Å². The zero-order chi connectivity index (χ0) is 10.3. The standard InChI is InChI=1S/C12H8N2O/c15-7-11-12-9(6-14-11)2-1-8-5-13-4-3-10(8)12/h1-7,14H/p+1. The van der Waals surface area contributed by atoms with Crippen molar-refractivity contribution in [1.82, 2.24) is 9.97 Å². The molecule has 0 amide bonds. The number of hydrogen-bond donors (Lipinski definition) is 1. The molecular formula is C12H9N2O+. The van der Waals surface area contributed by atoms with Crippen molar-refractivity contribution < 1.29 is 6.22 Å². The predicted octanol–water partition coefficient (Wildman–Crippen LogP) is 2.64. The van der Waals surface area contributed by atoms with E-state index >= 15 is 0 Å². The van der Waals surface area contributed by atoms with E-state index in [1.54, 1.807) is 12.4 Å². The van der Waals surface area contributed by atoms with Crippen molar-refractivity contribution in [2.45, 2.75) is 0 Å². The van der Waals surface area contributed by atoms with Crippen LogP contribution in [-0.4, -0.2) is 16.3 Å². The van der Waals surface area contributed by atoms with E-state index in [1.807, 2.05) is 24.4 Å². The molecule has 0 radical (unpaired) electrons. The van der Waals surface area contributed by atoms with E-state index in [4.69, 9.17) is 0 Å². The second-order valence-corrected chi connectivity index (χ2v) is 3.45. The van der Waals surface area contributed by atoms with Gasteiger partial charge in [0.1, 0.15) is 0 Å². The Bertz CT molecular complexity index is 660. The molecule has 2 heterocycles. The third-order valence-corrected chi connectivity index (χ3v) is 2.62. The molecule has 0 saturated heterocycles. The Morgan fingerprint density at radius 2 is 2.13 bits per heavy atom. The number of pyridine rings is 1. The van der Waals surface area contributed by atoms with E-state index in [0.29, 0.717) is 5.69 Å². The van der Waals surface area contributed by atoms with Gasteiger partial charge in [0.15, 0.2) is 6.29 Å². The fourth-order valence-electron chi connectivity index (χ4n) is 1.93. The zero-order valence-corrected chi connectivity index (χ0v) is 7.90. The molecule has 0 atom stereocenters. The largest absolute Gasteiger partial charge is 1.00 e. The maximum atomic E-state index is 10.9. The maximum Gasteiger partial charge on any atom is 1.00 e. The first-order valence-electron chi connectivity index (χ1n) is 4.69. The van der Waals surface area contributed by atoms with Crippen LogP contribution in [0.1, 0.15) is 11.9 Å². The Balaban J connectivity index is 0.000000963. The summed E-state index contributed by atoms with van der Waals surface area (Å²) in [7, 11) is 0. The first-order valence-corrected chi connectivity index (χ1v) is 4.69. The highest BCUT2D eigenvalue weighted by Crippen LogP contribution is 2.26. The van der Waals surface area contributed by atoms with Crippen molar-refractivity contribution in [1.29, 1.82) is 0 Å². The summed E-state index contributed by atoms with van der Waals surface area (Å²) in [6, 6.07) is 5.93. The number of aromatic amines is 1. The lowest BCUT2D eigenvalue weighted by atomic mass is 10.1. The lowest BCUT2D eigenvalue weighted by Crippen LogP contribution is -1.81. The highest BCUT2D eigenvalue weighted by molar-refractivity contribution is 6.13. The molecule has 0 fully saturated rings. The summed E-state index contributed by atoms with van der Waals surface area (Å²) in [5.41, 5.74) is 0.627. The van der Waals surface area contributed by atoms with E-state index < -0.39 is 0 Å². The molecule has 72 valence electrons. The Morgan fingerprint density at radius 3 is 3.00 bits per heavy atom. The number of fused-ring (bicyclic) bond motifs is 3. The normalized spacial score (nSPS) is 10.9. The molecule has 0 aliphatic rings. The molecule has 0 aliphatic carbocycles. The van der Waals surface area contributed by atoms with Gasteiger partial charge in [0.05, 0.1) is 5.69 Å². The molecule has 0 saturated carbocycles. The van der Waals surface area contributed by atoms with Crippen LogP contribution in [0.15, 0.2) is 36.8 Å². The second kappa shape index (κ2) is 2.92. The third kappa shape index (κ3) is 1.06. The summed E-state index contributed by atoms with van der Waals surface area (Å²) >= 11 is 0. The van der Waals surface area contributed by atoms with E-state index in [0.717, 1.165) is 27.8 Å². The van der Waals surface area contributed by atoms with Crippen LogP contribution < -0.4 is 0 Å². The number of nitrogens with zero attached hydrogens (tertiary/aromatic N) is 1. The molecular weight excluding hydrogens is 188 g/mol. The molecule has 0 unspecified atom stereocenters. The summed E-state index contributed by atoms with van der Waals surface area (Å²) in [6.07, 6.45) is 6.24. The molecule has 0 spiro atoms. The number of aldehydes is 1. The highest BCUT2D eigenvalue weighted by Gasteiger charge is 2.06. The van der Waals surface area contributed by atoms with Crippen LogP contribution in [0.25, 0.3) is 21.5 Å². The van der Waals surface area contributed by atoms with E-state index in [-0.39, 0.29) is 1.43 Å². The maximum absolute atomic E-state index is 10.9. The van der Waals surface area contributed by atoms with Crippen LogP contribution >= 0.6 is 0 Å². The van der Waals surface area contributed by atoms with Gasteiger partial charge in [0, 0.05) is 34.7 Å². The van der Waals surface area contributed by atoms with E-state index in [1.165, 1.54) is 0 Å². The molecule has 3 heteroatoms. The van der Waals surface area contributed by atoms with E-state index in [2.05, 4.69) is 9.97 Å². The molecule has 0 bridgehead atoms. The predicted molar refractivity (Wildman–Crippen MR) is 60.1 cm³/mol. The number of rotatable bonds is 1. The lowest BCUT2D eigenvalue weighted by Gasteiger charge is -1.98. The van der Waals surface area contributed by atoms with Gasteiger partial charge in [-0.05, 0) is 11.5 Å². The second-order valence-electron chi connectivity index (χ2n) is 3.45. The number of nitrogens with one attached hydrogen (secondary N) is 1. The summed E-state index contributed by atoms with van der Waals surface area (Å²) in [4.78, 5) is 17.9. The van der Waals surface area contributed by atoms with Crippen LogP contribution in [0.5, 0.6) is 0 Å². The van der Waals surface area contributed by atoms with Crippen molar-refractivity contribution in [3.8, 4) is 0 Å². The average molecular weight is 197 g/mol. The molecule has 15 heavy (non-hydrogen) atoms. The molecule has 1 aromatic carbocycles. The number of H-pyrrole nitrogens is 1. The molecule has 1 N–H and O–H groups in total. The Labute approximate surface area is 87.2 Å². The Kier molecular flexibility index (Phi) is 1.59. The monoisotopic (exact) mass is 197 g/mol. The first kappa shape index (κ1) is 8.17. The molecule has 3 rings (SSSR count). The smallest absolute Gasteiger partial charge is 0.358 e. The third-order valence-electron chi connectivity index (χ3n) is 2.62. The lowest BCUT2D eigenvalue weighted by molar-refractivity contribution is 0.112. The van der Waals surface area contributed by atoms with Gasteiger partial charge in [-0.3, -0.25) is 9.78 Å². The van der Waals surface area contributed by atoms with Crippen molar-refractivity contribution in [3.63, 3.8) is 0 Å². The minimum Gasteiger partial charge on any atom is -0.358 e. The molecule has 2 aromatic heterocycles. The molecule has 3 nitrogen and oxygen atoms in total. The van der Waals surface area contributed by atoms with Gasteiger partial charge in [0.2, 0.25) is 0 Å². The van der Waals surface area contributed by atoms with Gasteiger partial charge in [0.25, 0.3) is 0 Å². The number of hydrogen-bond acceptors (Lipinski definition) is 2. The van der Waals surface area contributed by atoms with Crippen molar-refractivity contribution in [2.24, 2.45) is 0 Å². The van der Waals surface area contributed by atoms with Crippen molar-refractivity contribution in [2.75, 3.05) is 0 Å². The van der Waals surface area contributed by atoms with Gasteiger partial charge in [-0.25, -0.2) is 0 Å². The van der Waals surface area contributed by atoms with Crippen molar-refractivity contribution in [3.05, 3.63) is 42.5 Å². The topological polar surface area (TPSA) is 45.8 Å². The molecule has 0 aliphatic heterocycles. The quantitative estimate of drug-likeness (QED) is 0.609. The Hall–Kier alpha value is -2.16. The number of carbonyl (C=O) groups excluding carboxylic acids is 1. The number of aromatic nitrogens is 2. The van der Waals surface area contributed by atoms with Crippen LogP contribution in [0, 0.1) is 0 Å². The van der Waals surface area contributed by atoms with Crippen LogP contribution in [0.3, 0.4) is 0 Å². The Morgan fingerprint density at radius 1 is 1.27 bits per heavy atom. The van der Waals surface area contributed by atoms with Crippen LogP contribution in [0.2, 0.25) is 0 Å². The fraction of sp³-hybridized carbons (Fsp3) is 0. The van der Waals surface area contributed by atoms with Crippen LogP contribution in [-0.2, 0) is 0 Å². The number of benzene rings is 1. The minimum absolute atomic E-state index is 0. The van der Waals surface area contributed by atoms with Gasteiger partial charge in [-0.15, -0.1) is 0 Å². The fourth-order valence-corrected chi connectivity index (χ4v) is 1.93. The first-order chi connectivity index (χ1) is 7.40. The summed E-state index contributed by atoms with van der Waals surface area (Å²) in [5, 5.41) is 4.14. The molecule has 3 aromatic rings. The zero-order valence-electron chi connectivity index (χ0n) is 8.90. The van der Waals surface area contributed by atoms with Gasteiger partial charge >= 0.3 is 1.43 Å². The highest BCUT2D eigenvalue weighted by atomic mass is 16.1. The van der Waals surface area contributed by atoms with Gasteiger partial charge in [-0.2, -0.15) is 0 Å². The number of carbonyl (C=O) groups is 1. The van der Waals surface area contributed by atoms with Gasteiger partial charge in [-0.1, -0.05) is 12.1 Å². The summed E-state index contributed by atoms with van der Waals surface area (Å²) < 4.78 is 0. The van der Waals surface area contributed by atoms with Gasteiger partial charge < -0.3 is 4.98 Å².